The van der Waals surface area contributed by atoms with Crippen molar-refractivity contribution in [2.45, 2.75) is 87.2 Å². The summed E-state index contributed by atoms with van der Waals surface area (Å²) < 4.78 is 44.1. The average Bonchev–Trinajstić information content (AvgIpc) is 2.83. The molecule has 194 valence electrons. The summed E-state index contributed by atoms with van der Waals surface area (Å²) in [4.78, 5) is 5.87. The van der Waals surface area contributed by atoms with Crippen molar-refractivity contribution in [1.29, 1.82) is 0 Å². The van der Waals surface area contributed by atoms with E-state index in [1.807, 2.05) is 52.5 Å². The molecule has 0 saturated heterocycles. The molecule has 0 N–H and O–H groups in total. The van der Waals surface area contributed by atoms with Crippen LogP contribution in [-0.2, 0) is 6.18 Å². The van der Waals surface area contributed by atoms with Crippen LogP contribution in [0, 0.1) is 0 Å². The lowest BCUT2D eigenvalue weighted by Crippen LogP contribution is -2.08. The van der Waals surface area contributed by atoms with E-state index in [2.05, 4.69) is 38.1 Å². The van der Waals surface area contributed by atoms with Gasteiger partial charge in [-0.25, -0.2) is 0 Å². The van der Waals surface area contributed by atoms with Crippen LogP contribution in [0.4, 0.5) is 13.2 Å². The van der Waals surface area contributed by atoms with Crippen LogP contribution in [0.1, 0.15) is 92.2 Å². The highest BCUT2D eigenvalue weighted by molar-refractivity contribution is 8.02. The molecule has 0 bridgehead atoms. The molecule has 0 aliphatic carbocycles. The molecule has 0 saturated carbocycles. The number of halogens is 3. The maximum Gasteiger partial charge on any atom is 0.416 e. The molecule has 1 rings (SSSR count). The number of ether oxygens (including phenoxy) is 1. The van der Waals surface area contributed by atoms with E-state index >= 15 is 0 Å². The van der Waals surface area contributed by atoms with Gasteiger partial charge in [0.2, 0.25) is 0 Å². The van der Waals surface area contributed by atoms with Crippen molar-refractivity contribution < 1.29 is 17.9 Å². The summed E-state index contributed by atoms with van der Waals surface area (Å²) in [7, 11) is 1.38. The third-order valence-corrected chi connectivity index (χ3v) is 5.57. The molecule has 0 amide bonds. The van der Waals surface area contributed by atoms with E-state index in [1.165, 1.54) is 18.1 Å². The summed E-state index contributed by atoms with van der Waals surface area (Å²) in [5.74, 6) is 0.199. The zero-order valence-electron chi connectivity index (χ0n) is 22.7. The van der Waals surface area contributed by atoms with Crippen molar-refractivity contribution in [1.82, 2.24) is 0 Å². The van der Waals surface area contributed by atoms with Gasteiger partial charge >= 0.3 is 6.18 Å². The van der Waals surface area contributed by atoms with Crippen LogP contribution in [0.15, 0.2) is 52.0 Å². The van der Waals surface area contributed by atoms with Crippen molar-refractivity contribution in [3.8, 4) is 5.75 Å². The van der Waals surface area contributed by atoms with Crippen molar-refractivity contribution in [3.63, 3.8) is 0 Å². The molecule has 2 nitrogen and oxygen atoms in total. The van der Waals surface area contributed by atoms with Gasteiger partial charge in [-0.05, 0) is 69.4 Å². The molecule has 0 atom stereocenters. The highest BCUT2D eigenvalue weighted by Crippen LogP contribution is 2.37. The van der Waals surface area contributed by atoms with E-state index in [-0.39, 0.29) is 5.75 Å². The molecular formula is C28H44F3NOS. The first kappa shape index (κ1) is 34.2. The Morgan fingerprint density at radius 2 is 1.71 bits per heavy atom. The van der Waals surface area contributed by atoms with E-state index in [4.69, 9.17) is 4.74 Å². The first-order valence-electron chi connectivity index (χ1n) is 11.9. The van der Waals surface area contributed by atoms with Gasteiger partial charge in [-0.15, -0.1) is 11.8 Å². The molecule has 6 heteroatoms. The fourth-order valence-electron chi connectivity index (χ4n) is 2.83. The number of aliphatic imine (C=N–C) groups is 1. The Balaban J connectivity index is 0. The number of nitrogens with zero attached hydrogens (tertiary/aromatic N) is 1. The molecule has 0 fully saturated rings. The maximum atomic E-state index is 13.0. The van der Waals surface area contributed by atoms with E-state index in [1.54, 1.807) is 6.20 Å². The van der Waals surface area contributed by atoms with Crippen molar-refractivity contribution in [2.75, 3.05) is 13.4 Å². The molecule has 0 aromatic heterocycles. The SMILES string of the molecule is CC.CC/C=C(\C)SC.CCC/C=C\N=C(C)C(=C(C)CC)c1ccc(C(F)(F)F)cc1OC. The van der Waals surface area contributed by atoms with E-state index in [9.17, 15) is 13.2 Å². The van der Waals surface area contributed by atoms with E-state index < -0.39 is 11.7 Å². The second-order valence-electron chi connectivity index (χ2n) is 7.24. The van der Waals surface area contributed by atoms with Crippen molar-refractivity contribution in [3.05, 3.63) is 58.2 Å². The van der Waals surface area contributed by atoms with Gasteiger partial charge in [0, 0.05) is 23.0 Å². The Morgan fingerprint density at radius 1 is 1.09 bits per heavy atom. The van der Waals surface area contributed by atoms with Crippen LogP contribution >= 0.6 is 11.8 Å². The normalized spacial score (nSPS) is 13.0. The number of allylic oxidation sites excluding steroid dienone is 5. The number of rotatable bonds is 9. The molecule has 1 aromatic carbocycles. The van der Waals surface area contributed by atoms with E-state index in [0.29, 0.717) is 5.56 Å². The van der Waals surface area contributed by atoms with Crippen LogP contribution in [0.5, 0.6) is 5.75 Å². The fraction of sp³-hybridized carbons (Fsp3) is 0.536. The second-order valence-corrected chi connectivity index (χ2v) is 8.29. The van der Waals surface area contributed by atoms with Crippen LogP contribution in [0.25, 0.3) is 5.57 Å². The predicted octanol–water partition coefficient (Wildman–Crippen LogP) is 10.4. The Labute approximate surface area is 210 Å². The van der Waals surface area contributed by atoms with Crippen LogP contribution < -0.4 is 4.74 Å². The van der Waals surface area contributed by atoms with Crippen LogP contribution in [-0.4, -0.2) is 19.1 Å². The van der Waals surface area contributed by atoms with E-state index in [0.717, 1.165) is 54.7 Å². The zero-order chi connectivity index (χ0) is 26.7. The highest BCUT2D eigenvalue weighted by Gasteiger charge is 2.31. The molecule has 0 aliphatic rings. The van der Waals surface area contributed by atoms with Gasteiger partial charge in [0.25, 0.3) is 0 Å². The maximum absolute atomic E-state index is 13.0. The number of thioether (sulfide) groups is 1. The van der Waals surface area contributed by atoms with Gasteiger partial charge in [-0.2, -0.15) is 13.2 Å². The Kier molecular flexibility index (Phi) is 19.5. The number of benzene rings is 1. The van der Waals surface area contributed by atoms with Gasteiger partial charge in [0.1, 0.15) is 5.75 Å². The van der Waals surface area contributed by atoms with Gasteiger partial charge < -0.3 is 4.74 Å². The summed E-state index contributed by atoms with van der Waals surface area (Å²) in [6, 6.07) is 3.59. The third-order valence-electron chi connectivity index (χ3n) is 4.76. The minimum atomic E-state index is -4.40. The first-order chi connectivity index (χ1) is 16.1. The minimum Gasteiger partial charge on any atom is -0.496 e. The molecule has 1 aromatic rings. The zero-order valence-corrected chi connectivity index (χ0v) is 23.5. The number of hydrogen-bond donors (Lipinski definition) is 0. The van der Waals surface area contributed by atoms with Crippen LogP contribution in [0.3, 0.4) is 0 Å². The predicted molar refractivity (Wildman–Crippen MR) is 147 cm³/mol. The number of hydrogen-bond acceptors (Lipinski definition) is 3. The summed E-state index contributed by atoms with van der Waals surface area (Å²) in [5.41, 5.74) is 2.53. The summed E-state index contributed by atoms with van der Waals surface area (Å²) in [6.45, 7) is 16.2. The largest absolute Gasteiger partial charge is 0.496 e. The lowest BCUT2D eigenvalue weighted by molar-refractivity contribution is -0.137. The standard InChI is InChI=1S/C20H26F3NO.C6H12S.C2H6/c1-6-8-9-12-24-15(4)19(14(3)7-2)17-11-10-16(20(21,22)23)13-18(17)25-5;1-4-5-6(2)7-3;1-2/h9-13H,6-8H2,1-5H3;5H,4H2,1-3H3;1-2H3/b12-9-,19-14?,24-15?;6-5+;. The lowest BCUT2D eigenvalue weighted by Gasteiger charge is -2.17. The van der Waals surface area contributed by atoms with Gasteiger partial charge in [-0.3, -0.25) is 4.99 Å². The number of alkyl halides is 3. The first-order valence-corrected chi connectivity index (χ1v) is 13.1. The topological polar surface area (TPSA) is 21.6 Å². The number of unbranched alkanes of at least 4 members (excludes halogenated alkanes) is 1. The molecular weight excluding hydrogens is 455 g/mol. The van der Waals surface area contributed by atoms with Crippen molar-refractivity contribution >= 4 is 23.0 Å². The van der Waals surface area contributed by atoms with Crippen LogP contribution in [0.2, 0.25) is 0 Å². The molecule has 34 heavy (non-hydrogen) atoms. The molecule has 0 unspecified atom stereocenters. The molecule has 0 aliphatic heterocycles. The fourth-order valence-corrected chi connectivity index (χ4v) is 3.16. The molecule has 0 radical (unpaired) electrons. The van der Waals surface area contributed by atoms with Crippen molar-refractivity contribution in [2.24, 2.45) is 4.99 Å². The quantitative estimate of drug-likeness (QED) is 0.315. The summed E-state index contributed by atoms with van der Waals surface area (Å²) in [5, 5.41) is 0. The highest BCUT2D eigenvalue weighted by atomic mass is 32.2. The van der Waals surface area contributed by atoms with Gasteiger partial charge in [0.15, 0.2) is 0 Å². The Hall–Kier alpha value is -1.95. The van der Waals surface area contributed by atoms with Gasteiger partial charge in [0.05, 0.1) is 12.7 Å². The summed E-state index contributed by atoms with van der Waals surface area (Å²) in [6.07, 6.45) is 7.55. The lowest BCUT2D eigenvalue weighted by atomic mass is 9.93. The molecule has 0 spiro atoms. The second kappa shape index (κ2) is 19.4. The number of methoxy groups -OCH3 is 1. The molecule has 0 heterocycles. The smallest absolute Gasteiger partial charge is 0.416 e. The monoisotopic (exact) mass is 499 g/mol. The minimum absolute atomic E-state index is 0.199. The average molecular weight is 500 g/mol. The Bertz CT molecular complexity index is 821. The summed E-state index contributed by atoms with van der Waals surface area (Å²) >= 11 is 1.81. The van der Waals surface area contributed by atoms with Gasteiger partial charge in [-0.1, -0.05) is 58.8 Å². The Morgan fingerprint density at radius 3 is 2.12 bits per heavy atom. The third kappa shape index (κ3) is 13.1.